The summed E-state index contributed by atoms with van der Waals surface area (Å²) in [6.45, 7) is 8.46. The summed E-state index contributed by atoms with van der Waals surface area (Å²) in [5.41, 5.74) is 5.05. The number of unbranched alkanes of at least 4 members (excludes halogenated alkanes) is 1. The Balaban J connectivity index is 2.63. The summed E-state index contributed by atoms with van der Waals surface area (Å²) in [6, 6.07) is 0. The van der Waals surface area contributed by atoms with Gasteiger partial charge < -0.3 is 15.7 Å². The summed E-state index contributed by atoms with van der Waals surface area (Å²) in [7, 11) is -1.28. The summed E-state index contributed by atoms with van der Waals surface area (Å²) >= 11 is 0. The van der Waals surface area contributed by atoms with Gasteiger partial charge in [0.25, 0.3) is 0 Å². The highest BCUT2D eigenvalue weighted by atomic mass is 32.2. The zero-order valence-corrected chi connectivity index (χ0v) is 13.6. The first kappa shape index (κ1) is 17.4. The average molecular weight is 305 g/mol. The van der Waals surface area contributed by atoms with Crippen LogP contribution in [0.3, 0.4) is 0 Å². The van der Waals surface area contributed by atoms with Crippen LogP contribution in [0.5, 0.6) is 0 Å². The highest BCUT2D eigenvalue weighted by Crippen LogP contribution is 2.36. The van der Waals surface area contributed by atoms with Gasteiger partial charge in [0.2, 0.25) is 0 Å². The predicted molar refractivity (Wildman–Crippen MR) is 81.1 cm³/mol. The Morgan fingerprint density at radius 2 is 2.15 bits per heavy atom. The molecule has 0 aromatic heterocycles. The van der Waals surface area contributed by atoms with Crippen molar-refractivity contribution in [3.63, 3.8) is 0 Å². The van der Waals surface area contributed by atoms with E-state index in [1.54, 1.807) is 0 Å². The predicted octanol–water partition coefficient (Wildman–Crippen LogP) is 1.50. The lowest BCUT2D eigenvalue weighted by atomic mass is 9.74. The maximum Gasteiger partial charge on any atom is 0.160 e. The smallest absolute Gasteiger partial charge is 0.160 e. The van der Waals surface area contributed by atoms with Gasteiger partial charge in [0.15, 0.2) is 5.84 Å². The lowest BCUT2D eigenvalue weighted by Crippen LogP contribution is -2.67. The Morgan fingerprint density at radius 1 is 1.55 bits per heavy atom. The van der Waals surface area contributed by atoms with E-state index >= 15 is 0 Å². The second-order valence-electron chi connectivity index (χ2n) is 6.31. The van der Waals surface area contributed by atoms with E-state index in [0.717, 1.165) is 19.4 Å². The SMILES string of the molecule is CCCCOC1CC(NS(=O)C(C)(C)C)(/C(N)=N/O)C1. The molecule has 118 valence electrons. The molecule has 20 heavy (non-hydrogen) atoms. The molecule has 0 amide bonds. The quantitative estimate of drug-likeness (QED) is 0.218. The number of nitrogens with zero attached hydrogens (tertiary/aromatic N) is 1. The van der Waals surface area contributed by atoms with E-state index in [9.17, 15) is 4.21 Å². The lowest BCUT2D eigenvalue weighted by molar-refractivity contribution is -0.0288. The molecule has 4 N–H and O–H groups in total. The molecule has 0 aromatic carbocycles. The summed E-state index contributed by atoms with van der Waals surface area (Å²) in [6.07, 6.45) is 3.34. The molecule has 1 saturated carbocycles. The molecule has 0 aromatic rings. The summed E-state index contributed by atoms with van der Waals surface area (Å²) < 4.78 is 20.5. The van der Waals surface area contributed by atoms with E-state index in [-0.39, 0.29) is 11.9 Å². The third-order valence-corrected chi connectivity index (χ3v) is 5.13. The number of hydrogen-bond acceptors (Lipinski definition) is 4. The van der Waals surface area contributed by atoms with Gasteiger partial charge in [-0.2, -0.15) is 0 Å². The number of nitrogens with one attached hydrogen (secondary N) is 1. The Hall–Kier alpha value is -0.660. The zero-order chi connectivity index (χ0) is 15.4. The molecule has 0 heterocycles. The number of oxime groups is 1. The van der Waals surface area contributed by atoms with Crippen molar-refractivity contribution in [3.05, 3.63) is 0 Å². The molecule has 1 aliphatic carbocycles. The van der Waals surface area contributed by atoms with Crippen LogP contribution in [0.4, 0.5) is 0 Å². The van der Waals surface area contributed by atoms with Crippen molar-refractivity contribution in [3.8, 4) is 0 Å². The van der Waals surface area contributed by atoms with E-state index in [4.69, 9.17) is 15.7 Å². The molecule has 7 heteroatoms. The van der Waals surface area contributed by atoms with Crippen LogP contribution in [0, 0.1) is 0 Å². The molecule has 0 saturated heterocycles. The minimum absolute atomic E-state index is 0.0745. The van der Waals surface area contributed by atoms with Crippen LogP contribution in [0.1, 0.15) is 53.4 Å². The topological polar surface area (TPSA) is 96.9 Å². The van der Waals surface area contributed by atoms with Gasteiger partial charge in [-0.05, 0) is 27.2 Å². The molecule has 1 atom stereocenters. The second-order valence-corrected chi connectivity index (χ2v) is 8.27. The van der Waals surface area contributed by atoms with Gasteiger partial charge in [-0.1, -0.05) is 18.5 Å². The second kappa shape index (κ2) is 6.87. The Morgan fingerprint density at radius 3 is 2.60 bits per heavy atom. The Labute approximate surface area is 123 Å². The normalized spacial score (nSPS) is 29.0. The fourth-order valence-corrected chi connectivity index (χ4v) is 2.93. The van der Waals surface area contributed by atoms with Crippen LogP contribution in [-0.4, -0.2) is 38.2 Å². The minimum Gasteiger partial charge on any atom is -0.409 e. The molecule has 1 rings (SSSR count). The molecule has 1 unspecified atom stereocenters. The van der Waals surface area contributed by atoms with Crippen LogP contribution >= 0.6 is 0 Å². The third kappa shape index (κ3) is 4.17. The summed E-state index contributed by atoms with van der Waals surface area (Å²) in [5.74, 6) is 0.0745. The summed E-state index contributed by atoms with van der Waals surface area (Å²) in [5, 5.41) is 12.0. The molecule has 0 aliphatic heterocycles. The lowest BCUT2D eigenvalue weighted by Gasteiger charge is -2.47. The van der Waals surface area contributed by atoms with Crippen LogP contribution in [0.2, 0.25) is 0 Å². The number of nitrogens with two attached hydrogens (primary N) is 1. The number of amidine groups is 1. The average Bonchev–Trinajstić information content (AvgIpc) is 2.33. The van der Waals surface area contributed by atoms with E-state index in [1.807, 2.05) is 20.8 Å². The van der Waals surface area contributed by atoms with Crippen LogP contribution in [-0.2, 0) is 15.7 Å². The largest absolute Gasteiger partial charge is 0.409 e. The van der Waals surface area contributed by atoms with Crippen molar-refractivity contribution in [2.24, 2.45) is 10.9 Å². The van der Waals surface area contributed by atoms with Crippen molar-refractivity contribution in [2.75, 3.05) is 6.61 Å². The third-order valence-electron chi connectivity index (χ3n) is 3.45. The molecule has 1 fully saturated rings. The van der Waals surface area contributed by atoms with Crippen LogP contribution in [0.15, 0.2) is 5.16 Å². The highest BCUT2D eigenvalue weighted by molar-refractivity contribution is 7.84. The molecular weight excluding hydrogens is 278 g/mol. The van der Waals surface area contributed by atoms with Gasteiger partial charge >= 0.3 is 0 Å². The van der Waals surface area contributed by atoms with Crippen molar-refractivity contribution < 1.29 is 14.2 Å². The van der Waals surface area contributed by atoms with Crippen LogP contribution < -0.4 is 10.5 Å². The van der Waals surface area contributed by atoms with Gasteiger partial charge in [-0.15, -0.1) is 0 Å². The molecular formula is C13H27N3O3S. The fraction of sp³-hybridized carbons (Fsp3) is 0.923. The highest BCUT2D eigenvalue weighted by Gasteiger charge is 2.50. The molecule has 0 radical (unpaired) electrons. The van der Waals surface area contributed by atoms with Gasteiger partial charge in [0.05, 0.1) is 27.4 Å². The molecule has 0 bridgehead atoms. The molecule has 6 nitrogen and oxygen atoms in total. The van der Waals surface area contributed by atoms with E-state index in [2.05, 4.69) is 16.8 Å². The Bertz CT molecular complexity index is 374. The van der Waals surface area contributed by atoms with Crippen molar-refractivity contribution >= 4 is 16.8 Å². The Kier molecular flexibility index (Phi) is 5.97. The van der Waals surface area contributed by atoms with E-state index < -0.39 is 21.3 Å². The van der Waals surface area contributed by atoms with Crippen molar-refractivity contribution in [1.82, 2.24) is 4.72 Å². The fourth-order valence-electron chi connectivity index (χ4n) is 2.00. The summed E-state index contributed by atoms with van der Waals surface area (Å²) in [4.78, 5) is 0. The van der Waals surface area contributed by atoms with Gasteiger partial charge in [-0.25, -0.2) is 8.93 Å². The number of ether oxygens (including phenoxy) is 1. The monoisotopic (exact) mass is 305 g/mol. The van der Waals surface area contributed by atoms with Gasteiger partial charge in [-0.3, -0.25) is 0 Å². The first-order chi connectivity index (χ1) is 9.25. The van der Waals surface area contributed by atoms with Crippen LogP contribution in [0.25, 0.3) is 0 Å². The maximum atomic E-state index is 12.2. The van der Waals surface area contributed by atoms with Gasteiger partial charge in [0.1, 0.15) is 0 Å². The van der Waals surface area contributed by atoms with E-state index in [0.29, 0.717) is 12.8 Å². The number of hydrogen-bond donors (Lipinski definition) is 3. The number of rotatable bonds is 7. The molecule has 1 aliphatic rings. The minimum atomic E-state index is -1.28. The first-order valence-corrected chi connectivity index (χ1v) is 8.19. The van der Waals surface area contributed by atoms with Crippen molar-refractivity contribution in [1.29, 1.82) is 0 Å². The van der Waals surface area contributed by atoms with Gasteiger partial charge in [0, 0.05) is 19.4 Å². The first-order valence-electron chi connectivity index (χ1n) is 7.04. The molecule has 0 spiro atoms. The standard InChI is InChI=1S/C13H27N3O3S/c1-5-6-7-19-10-8-13(9-10,11(14)15-17)16-20(18)12(2,3)4/h10,16-17H,5-9H2,1-4H3,(H2,14,15). The van der Waals surface area contributed by atoms with Crippen molar-refractivity contribution in [2.45, 2.75) is 69.8 Å². The zero-order valence-electron chi connectivity index (χ0n) is 12.8. The van der Waals surface area contributed by atoms with E-state index in [1.165, 1.54) is 0 Å². The maximum absolute atomic E-state index is 12.2.